The van der Waals surface area contributed by atoms with Gasteiger partial charge >= 0.3 is 0 Å². The van der Waals surface area contributed by atoms with Crippen molar-refractivity contribution in [2.75, 3.05) is 6.61 Å². The second-order valence-electron chi connectivity index (χ2n) is 7.02. The number of ether oxygens (including phenoxy) is 1. The molecular weight excluding hydrogens is 300 g/mol. The highest BCUT2D eigenvalue weighted by atomic mass is 19.1. The van der Waals surface area contributed by atoms with Gasteiger partial charge in [0.15, 0.2) is 17.4 Å². The summed E-state index contributed by atoms with van der Waals surface area (Å²) in [6, 6.07) is 0.938. The van der Waals surface area contributed by atoms with Gasteiger partial charge in [-0.2, -0.15) is 0 Å². The Kier molecular flexibility index (Phi) is 4.14. The van der Waals surface area contributed by atoms with Crippen molar-refractivity contribution in [2.45, 2.75) is 40.7 Å². The minimum Gasteiger partial charge on any atom is -0.475 e. The molecule has 0 aromatic heterocycles. The zero-order valence-corrected chi connectivity index (χ0v) is 14.0. The first-order chi connectivity index (χ1) is 10.6. The largest absolute Gasteiger partial charge is 0.475 e. The molecule has 1 aliphatic rings. The van der Waals surface area contributed by atoms with E-state index in [1.807, 2.05) is 27.7 Å². The summed E-state index contributed by atoms with van der Waals surface area (Å²) in [7, 11) is 0. The molecule has 2 rings (SSSR count). The maximum absolute atomic E-state index is 14.3. The van der Waals surface area contributed by atoms with Crippen molar-refractivity contribution in [1.82, 2.24) is 5.32 Å². The van der Waals surface area contributed by atoms with Crippen molar-refractivity contribution in [2.24, 2.45) is 10.8 Å². The highest BCUT2D eigenvalue weighted by molar-refractivity contribution is 5.96. The Morgan fingerprint density at radius 2 is 1.91 bits per heavy atom. The van der Waals surface area contributed by atoms with Gasteiger partial charge in [-0.15, -0.1) is 6.42 Å². The van der Waals surface area contributed by atoms with Crippen LogP contribution in [0.15, 0.2) is 6.07 Å². The van der Waals surface area contributed by atoms with Gasteiger partial charge in [0.05, 0.1) is 0 Å². The van der Waals surface area contributed by atoms with Crippen molar-refractivity contribution in [3.63, 3.8) is 0 Å². The highest BCUT2D eigenvalue weighted by Gasteiger charge is 2.65. The van der Waals surface area contributed by atoms with Crippen LogP contribution in [0.25, 0.3) is 0 Å². The maximum atomic E-state index is 14.3. The second-order valence-corrected chi connectivity index (χ2v) is 7.02. The molecule has 124 valence electrons. The summed E-state index contributed by atoms with van der Waals surface area (Å²) >= 11 is 0. The maximum Gasteiger partial charge on any atom is 0.252 e. The average Bonchev–Trinajstić information content (AvgIpc) is 2.85. The normalized spacial score (nSPS) is 18.2. The molecule has 1 aromatic carbocycles. The Bertz CT molecular complexity index is 688. The van der Waals surface area contributed by atoms with Crippen LogP contribution in [0, 0.1) is 41.7 Å². The number of terminal acetylenes is 1. The summed E-state index contributed by atoms with van der Waals surface area (Å²) in [5, 5.41) is 2.86. The fourth-order valence-electron chi connectivity index (χ4n) is 2.94. The van der Waals surface area contributed by atoms with Crippen LogP contribution in [0.2, 0.25) is 0 Å². The van der Waals surface area contributed by atoms with Crippen LogP contribution in [0.3, 0.4) is 0 Å². The summed E-state index contributed by atoms with van der Waals surface area (Å²) in [6.45, 7) is 9.34. The van der Waals surface area contributed by atoms with E-state index < -0.39 is 23.3 Å². The molecular formula is C18H21F2NO2. The minimum atomic E-state index is -0.942. The number of carbonyl (C=O) groups excluding carboxylic acids is 1. The van der Waals surface area contributed by atoms with Crippen LogP contribution < -0.4 is 10.1 Å². The number of carbonyl (C=O) groups is 1. The third-order valence-electron chi connectivity index (χ3n) is 5.26. The van der Waals surface area contributed by atoms with Gasteiger partial charge in [-0.05, 0) is 23.8 Å². The predicted molar refractivity (Wildman–Crippen MR) is 84.2 cm³/mol. The number of hydrogen-bond donors (Lipinski definition) is 1. The van der Waals surface area contributed by atoms with E-state index in [1.165, 1.54) is 6.92 Å². The lowest BCUT2D eigenvalue weighted by molar-refractivity contribution is 0.0941. The second kappa shape index (κ2) is 5.52. The molecule has 0 heterocycles. The lowest BCUT2D eigenvalue weighted by atomic mass is 10.0. The standard InChI is InChI=1S/C18H21F2NO2/c1-7-8-23-14-12(19)9-11(10(2)13(14)20)15(22)21-16-17(3,4)18(16,5)6/h1,9,16H,8H2,2-6H3,(H,21,22). The zero-order chi connectivity index (χ0) is 17.6. The van der Waals surface area contributed by atoms with Gasteiger partial charge in [0, 0.05) is 17.2 Å². The topological polar surface area (TPSA) is 38.3 Å². The first-order valence-corrected chi connectivity index (χ1v) is 7.41. The Hall–Kier alpha value is -2.09. The lowest BCUT2D eigenvalue weighted by Crippen LogP contribution is -2.30. The molecule has 0 saturated heterocycles. The molecule has 23 heavy (non-hydrogen) atoms. The van der Waals surface area contributed by atoms with Gasteiger partial charge in [0.25, 0.3) is 5.91 Å². The number of halogens is 2. The number of rotatable bonds is 4. The van der Waals surface area contributed by atoms with Gasteiger partial charge in [0.1, 0.15) is 6.61 Å². The third-order valence-corrected chi connectivity index (χ3v) is 5.26. The van der Waals surface area contributed by atoms with Gasteiger partial charge in [-0.1, -0.05) is 33.6 Å². The lowest BCUT2D eigenvalue weighted by Gasteiger charge is -2.13. The van der Waals surface area contributed by atoms with Crippen molar-refractivity contribution < 1.29 is 18.3 Å². The molecule has 1 aromatic rings. The third kappa shape index (κ3) is 2.67. The van der Waals surface area contributed by atoms with E-state index in [1.54, 1.807) is 0 Å². The molecule has 5 heteroatoms. The first kappa shape index (κ1) is 17.3. The van der Waals surface area contributed by atoms with E-state index in [4.69, 9.17) is 11.2 Å². The molecule has 0 bridgehead atoms. The van der Waals surface area contributed by atoms with E-state index >= 15 is 0 Å². The van der Waals surface area contributed by atoms with Crippen LogP contribution in [-0.4, -0.2) is 18.6 Å². The smallest absolute Gasteiger partial charge is 0.252 e. The van der Waals surface area contributed by atoms with E-state index in [0.29, 0.717) is 0 Å². The SMILES string of the molecule is C#CCOc1c(F)cc(C(=O)NC2C(C)(C)C2(C)C)c(C)c1F. The van der Waals surface area contributed by atoms with Crippen LogP contribution in [0.5, 0.6) is 5.75 Å². The van der Waals surface area contributed by atoms with Crippen LogP contribution in [0.4, 0.5) is 8.78 Å². The molecule has 1 amide bonds. The quantitative estimate of drug-likeness (QED) is 0.863. The molecule has 1 fully saturated rings. The Labute approximate surface area is 135 Å². The van der Waals surface area contributed by atoms with Gasteiger partial charge in [0.2, 0.25) is 0 Å². The highest BCUT2D eigenvalue weighted by Crippen LogP contribution is 2.62. The average molecular weight is 321 g/mol. The molecule has 1 N–H and O–H groups in total. The van der Waals surface area contributed by atoms with Crippen molar-refractivity contribution >= 4 is 5.91 Å². The molecule has 1 aliphatic carbocycles. The molecule has 1 saturated carbocycles. The fourth-order valence-corrected chi connectivity index (χ4v) is 2.94. The van der Waals surface area contributed by atoms with E-state index in [0.717, 1.165) is 6.07 Å². The van der Waals surface area contributed by atoms with Crippen molar-refractivity contribution in [1.29, 1.82) is 0 Å². The van der Waals surface area contributed by atoms with E-state index in [2.05, 4.69) is 11.2 Å². The molecule has 0 aliphatic heterocycles. The Balaban J connectivity index is 2.28. The monoisotopic (exact) mass is 321 g/mol. The van der Waals surface area contributed by atoms with Crippen LogP contribution in [0.1, 0.15) is 43.6 Å². The summed E-state index contributed by atoms with van der Waals surface area (Å²) in [5.74, 6) is -0.745. The molecule has 3 nitrogen and oxygen atoms in total. The molecule has 0 atom stereocenters. The van der Waals surface area contributed by atoms with Gasteiger partial charge in [-0.3, -0.25) is 4.79 Å². The fraction of sp³-hybridized carbons (Fsp3) is 0.500. The predicted octanol–water partition coefficient (Wildman–Crippen LogP) is 3.45. The van der Waals surface area contributed by atoms with Gasteiger partial charge in [-0.25, -0.2) is 8.78 Å². The molecule has 0 spiro atoms. The van der Waals surface area contributed by atoms with E-state index in [-0.39, 0.29) is 34.6 Å². The summed E-state index contributed by atoms with van der Waals surface area (Å²) < 4.78 is 33.1. The Morgan fingerprint density at radius 1 is 1.35 bits per heavy atom. The van der Waals surface area contributed by atoms with Crippen LogP contribution in [-0.2, 0) is 0 Å². The molecule has 0 radical (unpaired) electrons. The van der Waals surface area contributed by atoms with Crippen LogP contribution >= 0.6 is 0 Å². The summed E-state index contributed by atoms with van der Waals surface area (Å²) in [5.41, 5.74) is -0.133. The number of hydrogen-bond acceptors (Lipinski definition) is 2. The summed E-state index contributed by atoms with van der Waals surface area (Å²) in [6.07, 6.45) is 5.02. The van der Waals surface area contributed by atoms with Crippen molar-refractivity contribution in [3.8, 4) is 18.1 Å². The van der Waals surface area contributed by atoms with E-state index in [9.17, 15) is 13.6 Å². The summed E-state index contributed by atoms with van der Waals surface area (Å²) in [4.78, 5) is 12.4. The van der Waals surface area contributed by atoms with Gasteiger partial charge < -0.3 is 10.1 Å². The number of benzene rings is 1. The zero-order valence-electron chi connectivity index (χ0n) is 14.0. The molecule has 0 unspecified atom stereocenters. The number of nitrogens with one attached hydrogen (secondary N) is 1. The van der Waals surface area contributed by atoms with Crippen molar-refractivity contribution in [3.05, 3.63) is 28.8 Å². The Morgan fingerprint density at radius 3 is 2.39 bits per heavy atom. The number of amides is 1. The first-order valence-electron chi connectivity index (χ1n) is 7.41. The minimum absolute atomic E-state index is 0.0344.